The predicted molar refractivity (Wildman–Crippen MR) is 141 cm³/mol. The maximum atomic E-state index is 14.3. The summed E-state index contributed by atoms with van der Waals surface area (Å²) < 4.78 is 14.6. The third-order valence-electron chi connectivity index (χ3n) is 7.51. The van der Waals surface area contributed by atoms with Crippen LogP contribution in [-0.2, 0) is 15.1 Å². The Bertz CT molecular complexity index is 1520. The molecule has 0 saturated carbocycles. The smallest absolute Gasteiger partial charge is 0.324 e. The number of likely N-dealkylation sites (N-methyl/N-ethyl adjacent to an activating group) is 1. The third-order valence-corrected chi connectivity index (χ3v) is 8.54. The first-order valence-electron chi connectivity index (χ1n) is 11.3. The van der Waals surface area contributed by atoms with Crippen molar-refractivity contribution in [1.29, 1.82) is 0 Å². The molecule has 3 aliphatic heterocycles. The minimum absolute atomic E-state index is 0.0327. The lowest BCUT2D eigenvalue weighted by Gasteiger charge is -2.34. The highest BCUT2D eigenvalue weighted by Gasteiger charge is 2.71. The summed E-state index contributed by atoms with van der Waals surface area (Å²) in [4.78, 5) is 44.1. The van der Waals surface area contributed by atoms with Gasteiger partial charge in [-0.25, -0.2) is 14.1 Å². The van der Waals surface area contributed by atoms with E-state index < -0.39 is 34.9 Å². The van der Waals surface area contributed by atoms with E-state index in [0.717, 1.165) is 15.4 Å². The van der Waals surface area contributed by atoms with Crippen LogP contribution in [0.5, 0.6) is 0 Å². The van der Waals surface area contributed by atoms with Crippen molar-refractivity contribution in [3.05, 3.63) is 92.1 Å². The lowest BCUT2D eigenvalue weighted by atomic mass is 9.79. The van der Waals surface area contributed by atoms with Crippen molar-refractivity contribution in [2.24, 2.45) is 0 Å². The van der Waals surface area contributed by atoms with Crippen molar-refractivity contribution >= 4 is 68.4 Å². The van der Waals surface area contributed by atoms with Crippen LogP contribution in [0.15, 0.2) is 65.1 Å². The van der Waals surface area contributed by atoms with Crippen LogP contribution in [0.4, 0.5) is 20.6 Å². The van der Waals surface area contributed by atoms with Gasteiger partial charge in [0.25, 0.3) is 5.91 Å². The van der Waals surface area contributed by atoms with Gasteiger partial charge in [0.15, 0.2) is 0 Å². The van der Waals surface area contributed by atoms with E-state index in [1.54, 1.807) is 37.4 Å². The highest BCUT2D eigenvalue weighted by atomic mass is 79.9. The second-order valence-electron chi connectivity index (χ2n) is 9.39. The Morgan fingerprint density at radius 2 is 1.76 bits per heavy atom. The lowest BCUT2D eigenvalue weighted by molar-refractivity contribution is -0.126. The molecule has 3 aromatic carbocycles. The van der Waals surface area contributed by atoms with Crippen LogP contribution in [0.3, 0.4) is 0 Å². The number of carbonyl (C=O) groups is 3. The van der Waals surface area contributed by atoms with Crippen molar-refractivity contribution in [1.82, 2.24) is 10.2 Å². The second kappa shape index (κ2) is 8.26. The van der Waals surface area contributed by atoms with Crippen molar-refractivity contribution in [2.75, 3.05) is 17.3 Å². The number of nitrogens with one attached hydrogen (secondary N) is 2. The van der Waals surface area contributed by atoms with Gasteiger partial charge in [-0.05, 0) is 61.1 Å². The Balaban J connectivity index is 1.56. The van der Waals surface area contributed by atoms with Crippen LogP contribution < -0.4 is 15.5 Å². The predicted octanol–water partition coefficient (Wildman–Crippen LogP) is 5.61. The maximum Gasteiger partial charge on any atom is 0.329 e. The maximum absolute atomic E-state index is 14.3. The zero-order valence-corrected chi connectivity index (χ0v) is 22.3. The number of fused-ring (bicyclic) bond motifs is 2. The molecule has 0 unspecified atom stereocenters. The summed E-state index contributed by atoms with van der Waals surface area (Å²) in [6, 6.07) is 14.6. The van der Waals surface area contributed by atoms with Gasteiger partial charge >= 0.3 is 6.03 Å². The van der Waals surface area contributed by atoms with E-state index in [4.69, 9.17) is 23.2 Å². The first-order valence-corrected chi connectivity index (χ1v) is 12.8. The van der Waals surface area contributed by atoms with Gasteiger partial charge in [-0.3, -0.25) is 14.5 Å². The summed E-state index contributed by atoms with van der Waals surface area (Å²) >= 11 is 15.6. The van der Waals surface area contributed by atoms with Gasteiger partial charge < -0.3 is 10.6 Å². The molecule has 4 amide bonds. The van der Waals surface area contributed by atoms with Crippen molar-refractivity contribution in [2.45, 2.75) is 23.5 Å². The van der Waals surface area contributed by atoms with E-state index >= 15 is 0 Å². The Labute approximate surface area is 229 Å². The largest absolute Gasteiger partial charge is 0.329 e. The molecule has 37 heavy (non-hydrogen) atoms. The highest BCUT2D eigenvalue weighted by molar-refractivity contribution is 9.10. The first-order chi connectivity index (χ1) is 17.6. The number of rotatable bonds is 2. The molecule has 2 spiro atoms. The van der Waals surface area contributed by atoms with Crippen LogP contribution in [0.2, 0.25) is 10.0 Å². The molecule has 2 N–H and O–H groups in total. The molecule has 2 fully saturated rings. The zero-order valence-electron chi connectivity index (χ0n) is 19.2. The molecular formula is C26H18BrCl2FN4O3. The Morgan fingerprint density at radius 3 is 2.46 bits per heavy atom. The number of carbonyl (C=O) groups excluding carboxylic acids is 3. The average molecular weight is 604 g/mol. The van der Waals surface area contributed by atoms with Gasteiger partial charge in [-0.15, -0.1) is 0 Å². The number of nitrogens with zero attached hydrogens (tertiary/aromatic N) is 2. The monoisotopic (exact) mass is 602 g/mol. The number of anilines is 2. The van der Waals surface area contributed by atoms with Crippen LogP contribution >= 0.6 is 39.1 Å². The number of benzene rings is 3. The summed E-state index contributed by atoms with van der Waals surface area (Å²) in [5, 5.41) is 6.13. The van der Waals surface area contributed by atoms with Crippen LogP contribution in [0, 0.1) is 5.82 Å². The molecular weight excluding hydrogens is 586 g/mol. The molecule has 0 bridgehead atoms. The van der Waals surface area contributed by atoms with E-state index in [0.29, 0.717) is 21.8 Å². The van der Waals surface area contributed by atoms with E-state index in [1.807, 2.05) is 17.0 Å². The number of hydrogen-bond donors (Lipinski definition) is 2. The number of amides is 4. The minimum atomic E-state index is -1.53. The van der Waals surface area contributed by atoms with Gasteiger partial charge in [0.05, 0.1) is 16.8 Å². The van der Waals surface area contributed by atoms with Gasteiger partial charge in [0.1, 0.15) is 16.9 Å². The van der Waals surface area contributed by atoms with Gasteiger partial charge in [-0.2, -0.15) is 0 Å². The number of urea groups is 1. The van der Waals surface area contributed by atoms with Crippen LogP contribution in [0.1, 0.15) is 23.6 Å². The van der Waals surface area contributed by atoms with Crippen molar-refractivity contribution in [3.8, 4) is 0 Å². The molecule has 3 aliphatic rings. The molecule has 3 aromatic rings. The summed E-state index contributed by atoms with van der Waals surface area (Å²) in [6.07, 6.45) is -0.0327. The van der Waals surface area contributed by atoms with E-state index in [2.05, 4.69) is 26.6 Å². The first kappa shape index (κ1) is 24.4. The number of halogens is 4. The normalized spacial score (nSPS) is 26.8. The van der Waals surface area contributed by atoms with Gasteiger partial charge in [0.2, 0.25) is 5.91 Å². The topological polar surface area (TPSA) is 81.8 Å². The summed E-state index contributed by atoms with van der Waals surface area (Å²) in [7, 11) is 1.76. The van der Waals surface area contributed by atoms with Crippen molar-refractivity contribution < 1.29 is 18.8 Å². The fourth-order valence-corrected chi connectivity index (χ4v) is 6.59. The van der Waals surface area contributed by atoms with E-state index in [-0.39, 0.29) is 23.0 Å². The molecule has 11 heteroatoms. The molecule has 3 atom stereocenters. The Kier molecular flexibility index (Phi) is 5.44. The molecule has 3 heterocycles. The molecule has 0 aromatic heterocycles. The lowest BCUT2D eigenvalue weighted by Crippen LogP contribution is -2.51. The zero-order chi connectivity index (χ0) is 26.3. The van der Waals surface area contributed by atoms with E-state index in [9.17, 15) is 18.8 Å². The average Bonchev–Trinajstić information content (AvgIpc) is 3.38. The molecule has 0 radical (unpaired) electrons. The number of hydrogen-bond acceptors (Lipinski definition) is 4. The fourth-order valence-electron chi connectivity index (χ4n) is 5.93. The summed E-state index contributed by atoms with van der Waals surface area (Å²) in [5.74, 6) is -1.54. The Hall–Kier alpha value is -2.98. The molecule has 6 rings (SSSR count). The van der Waals surface area contributed by atoms with Gasteiger partial charge in [-0.1, -0.05) is 51.3 Å². The second-order valence-corrected chi connectivity index (χ2v) is 11.1. The highest BCUT2D eigenvalue weighted by Crippen LogP contribution is 2.59. The number of likely N-dealkylation sites (tertiary alicyclic amines) is 1. The molecule has 0 aliphatic carbocycles. The fraction of sp³-hybridized carbons (Fsp3) is 0.192. The SMILES string of the molecule is CN1[C@H](c2ccc(Cl)cc2)[C@@]2(C[C@]13C(=O)Nc1ccc(Br)cc13)NC(=O)N(c1ccc(F)c(Cl)c1)C2=O. The minimum Gasteiger partial charge on any atom is -0.324 e. The standard InChI is InChI=1S/C26H18BrCl2FN4O3/c1-33-21(13-2-5-15(28)6-3-13)25(12-26(33)17-10-14(27)4-9-20(17)31-22(26)35)23(36)34(24(37)32-25)16-7-8-19(30)18(29)11-16/h2-11,21H,12H2,1H3,(H,31,35)(H,32,37)/t21-,25-,26+/m1/s1. The van der Waals surface area contributed by atoms with Crippen LogP contribution in [-0.4, -0.2) is 35.3 Å². The van der Waals surface area contributed by atoms with E-state index in [1.165, 1.54) is 12.1 Å². The molecule has 188 valence electrons. The van der Waals surface area contributed by atoms with Crippen LogP contribution in [0.25, 0.3) is 0 Å². The molecule has 2 saturated heterocycles. The summed E-state index contributed by atoms with van der Waals surface area (Å²) in [5.41, 5.74) is -0.651. The van der Waals surface area contributed by atoms with Gasteiger partial charge in [0, 0.05) is 27.2 Å². The Morgan fingerprint density at radius 1 is 1.03 bits per heavy atom. The van der Waals surface area contributed by atoms with Crippen molar-refractivity contribution in [3.63, 3.8) is 0 Å². The third kappa shape index (κ3) is 3.31. The summed E-state index contributed by atoms with van der Waals surface area (Å²) in [6.45, 7) is 0. The molecule has 7 nitrogen and oxygen atoms in total. The number of imide groups is 1. The quantitative estimate of drug-likeness (QED) is 0.373.